The molecule has 0 N–H and O–H groups in total. The van der Waals surface area contributed by atoms with Gasteiger partial charge in [-0.3, -0.25) is 0 Å². The first kappa shape index (κ1) is 20.3. The van der Waals surface area contributed by atoms with Crippen molar-refractivity contribution in [2.24, 2.45) is 0 Å². The zero-order chi connectivity index (χ0) is 22.1. The molecule has 162 valence electrons. The Labute approximate surface area is 184 Å². The van der Waals surface area contributed by atoms with Crippen LogP contribution in [0.1, 0.15) is 5.56 Å². The summed E-state index contributed by atoms with van der Waals surface area (Å²) >= 11 is 0. The first-order valence-electron chi connectivity index (χ1n) is 10.5. The maximum Gasteiger partial charge on any atom is 0.419 e. The number of hydrogen-bond acceptors (Lipinski definition) is 4. The van der Waals surface area contributed by atoms with Gasteiger partial charge in [0.15, 0.2) is 0 Å². The maximum atomic E-state index is 13.4. The monoisotopic (exact) mass is 434 g/mol. The van der Waals surface area contributed by atoms with Crippen LogP contribution in [0.25, 0.3) is 22.2 Å². The van der Waals surface area contributed by atoms with Gasteiger partial charge in [-0.05, 0) is 24.3 Å². The number of rotatable bonds is 3. The summed E-state index contributed by atoms with van der Waals surface area (Å²) in [4.78, 5) is 12.9. The van der Waals surface area contributed by atoms with E-state index < -0.39 is 11.7 Å². The molecule has 0 spiro atoms. The quantitative estimate of drug-likeness (QED) is 0.418. The van der Waals surface area contributed by atoms with Gasteiger partial charge in [-0.25, -0.2) is 9.97 Å². The van der Waals surface area contributed by atoms with E-state index in [0.29, 0.717) is 26.2 Å². The molecule has 2 aromatic heterocycles. The number of piperazine rings is 1. The van der Waals surface area contributed by atoms with Crippen LogP contribution in [0.5, 0.6) is 0 Å². The van der Waals surface area contributed by atoms with E-state index in [1.165, 1.54) is 12.3 Å². The molecule has 0 amide bonds. The van der Waals surface area contributed by atoms with Gasteiger partial charge in [0.05, 0.1) is 22.5 Å². The number of benzene rings is 2. The number of nitrogens with zero attached hydrogens (tertiary/aromatic N) is 4. The number of para-hydroxylation sites is 1. The van der Waals surface area contributed by atoms with Crippen LogP contribution in [0.3, 0.4) is 0 Å². The SMILES string of the molecule is FC(F)(F)c1cccnc1N1CCN(c2cc3ccccc3nc2-c2ccccc2)CC1. The second kappa shape index (κ2) is 8.15. The Balaban J connectivity index is 1.47. The van der Waals surface area contributed by atoms with Crippen LogP contribution >= 0.6 is 0 Å². The first-order chi connectivity index (χ1) is 15.5. The highest BCUT2D eigenvalue weighted by Crippen LogP contribution is 2.37. The summed E-state index contributed by atoms with van der Waals surface area (Å²) in [5.74, 6) is -0.000399. The van der Waals surface area contributed by atoms with Gasteiger partial charge in [-0.15, -0.1) is 0 Å². The molecule has 1 fully saturated rings. The Morgan fingerprint density at radius 1 is 0.750 bits per heavy atom. The van der Waals surface area contributed by atoms with Gasteiger partial charge in [-0.1, -0.05) is 48.5 Å². The van der Waals surface area contributed by atoms with Crippen molar-refractivity contribution >= 4 is 22.4 Å². The van der Waals surface area contributed by atoms with Crippen LogP contribution in [-0.4, -0.2) is 36.1 Å². The van der Waals surface area contributed by atoms with Gasteiger partial charge in [0, 0.05) is 43.3 Å². The molecule has 0 saturated carbocycles. The van der Waals surface area contributed by atoms with Crippen molar-refractivity contribution in [1.82, 2.24) is 9.97 Å². The lowest BCUT2D eigenvalue weighted by Gasteiger charge is -2.38. The van der Waals surface area contributed by atoms with Crippen molar-refractivity contribution in [2.75, 3.05) is 36.0 Å². The topological polar surface area (TPSA) is 32.3 Å². The van der Waals surface area contributed by atoms with Crippen LogP contribution in [0.2, 0.25) is 0 Å². The largest absolute Gasteiger partial charge is 0.419 e. The molecule has 0 unspecified atom stereocenters. The minimum atomic E-state index is -4.43. The molecule has 1 aliphatic rings. The number of hydrogen-bond donors (Lipinski definition) is 0. The van der Waals surface area contributed by atoms with E-state index >= 15 is 0 Å². The second-order valence-corrected chi connectivity index (χ2v) is 7.76. The fraction of sp³-hybridized carbons (Fsp3) is 0.200. The lowest BCUT2D eigenvalue weighted by atomic mass is 10.1. The summed E-state index contributed by atoms with van der Waals surface area (Å²) in [6.07, 6.45) is -3.01. The van der Waals surface area contributed by atoms with E-state index in [1.807, 2.05) is 54.6 Å². The van der Waals surface area contributed by atoms with Gasteiger partial charge < -0.3 is 9.80 Å². The molecular formula is C25H21F3N4. The lowest BCUT2D eigenvalue weighted by molar-refractivity contribution is -0.137. The van der Waals surface area contributed by atoms with E-state index in [9.17, 15) is 13.2 Å². The van der Waals surface area contributed by atoms with Gasteiger partial charge in [-0.2, -0.15) is 13.2 Å². The van der Waals surface area contributed by atoms with Gasteiger partial charge in [0.2, 0.25) is 0 Å². The fourth-order valence-corrected chi connectivity index (χ4v) is 4.18. The molecule has 1 aliphatic heterocycles. The van der Waals surface area contributed by atoms with Crippen molar-refractivity contribution in [1.29, 1.82) is 0 Å². The number of fused-ring (bicyclic) bond motifs is 1. The molecule has 0 aliphatic carbocycles. The molecule has 4 nitrogen and oxygen atoms in total. The van der Waals surface area contributed by atoms with Crippen LogP contribution in [0.4, 0.5) is 24.7 Å². The standard InChI is InChI=1S/C25H21F3N4/c26-25(27,28)20-10-6-12-29-24(20)32-15-13-31(14-16-32)22-17-19-9-4-5-11-21(19)30-23(22)18-7-2-1-3-8-18/h1-12,17H,13-16H2. The average molecular weight is 434 g/mol. The second-order valence-electron chi connectivity index (χ2n) is 7.76. The molecule has 1 saturated heterocycles. The highest BCUT2D eigenvalue weighted by molar-refractivity contribution is 5.89. The van der Waals surface area contributed by atoms with Crippen molar-refractivity contribution in [3.63, 3.8) is 0 Å². The van der Waals surface area contributed by atoms with Crippen LogP contribution in [0, 0.1) is 0 Å². The smallest absolute Gasteiger partial charge is 0.366 e. The third kappa shape index (κ3) is 3.86. The Kier molecular flexibility index (Phi) is 5.17. The minimum absolute atomic E-state index is 0.000399. The average Bonchev–Trinajstić information content (AvgIpc) is 2.83. The highest BCUT2D eigenvalue weighted by atomic mass is 19.4. The van der Waals surface area contributed by atoms with E-state index in [2.05, 4.69) is 16.0 Å². The Morgan fingerprint density at radius 2 is 1.44 bits per heavy atom. The fourth-order valence-electron chi connectivity index (χ4n) is 4.18. The molecule has 7 heteroatoms. The summed E-state index contributed by atoms with van der Waals surface area (Å²) < 4.78 is 40.3. The summed E-state index contributed by atoms with van der Waals surface area (Å²) in [6.45, 7) is 2.05. The summed E-state index contributed by atoms with van der Waals surface area (Å²) in [7, 11) is 0. The molecule has 0 radical (unpaired) electrons. The molecular weight excluding hydrogens is 413 g/mol. The number of alkyl halides is 3. The molecule has 2 aromatic carbocycles. The zero-order valence-corrected chi connectivity index (χ0v) is 17.3. The summed E-state index contributed by atoms with van der Waals surface area (Å²) in [6, 6.07) is 22.5. The van der Waals surface area contributed by atoms with Gasteiger partial charge in [0.1, 0.15) is 5.82 Å². The highest BCUT2D eigenvalue weighted by Gasteiger charge is 2.36. The normalized spacial score (nSPS) is 14.7. The van der Waals surface area contributed by atoms with Crippen molar-refractivity contribution in [2.45, 2.75) is 6.18 Å². The molecule has 4 aromatic rings. The Morgan fingerprint density at radius 3 is 2.19 bits per heavy atom. The van der Waals surface area contributed by atoms with E-state index in [-0.39, 0.29) is 5.82 Å². The minimum Gasteiger partial charge on any atom is -0.366 e. The van der Waals surface area contributed by atoms with E-state index in [1.54, 1.807) is 4.90 Å². The number of halogens is 3. The molecule has 32 heavy (non-hydrogen) atoms. The molecule has 0 atom stereocenters. The number of anilines is 2. The van der Waals surface area contributed by atoms with Gasteiger partial charge in [0.25, 0.3) is 0 Å². The van der Waals surface area contributed by atoms with Gasteiger partial charge >= 0.3 is 6.18 Å². The Hall–Kier alpha value is -3.61. The zero-order valence-electron chi connectivity index (χ0n) is 17.3. The Bertz CT molecular complexity index is 1230. The van der Waals surface area contributed by atoms with E-state index in [4.69, 9.17) is 4.98 Å². The predicted molar refractivity (Wildman–Crippen MR) is 121 cm³/mol. The van der Waals surface area contributed by atoms with Crippen molar-refractivity contribution in [3.05, 3.63) is 84.6 Å². The van der Waals surface area contributed by atoms with Crippen molar-refractivity contribution in [3.8, 4) is 11.3 Å². The van der Waals surface area contributed by atoms with Crippen LogP contribution in [-0.2, 0) is 6.18 Å². The predicted octanol–water partition coefficient (Wildman–Crippen LogP) is 5.64. The first-order valence-corrected chi connectivity index (χ1v) is 10.5. The molecule has 3 heterocycles. The third-order valence-electron chi connectivity index (χ3n) is 5.76. The maximum absolute atomic E-state index is 13.4. The summed E-state index contributed by atoms with van der Waals surface area (Å²) in [5.41, 5.74) is 3.11. The van der Waals surface area contributed by atoms with Crippen LogP contribution in [0.15, 0.2) is 79.0 Å². The number of pyridine rings is 2. The van der Waals surface area contributed by atoms with E-state index in [0.717, 1.165) is 33.9 Å². The lowest BCUT2D eigenvalue weighted by Crippen LogP contribution is -2.47. The molecule has 5 rings (SSSR count). The third-order valence-corrected chi connectivity index (χ3v) is 5.76. The number of aromatic nitrogens is 2. The van der Waals surface area contributed by atoms with Crippen LogP contribution < -0.4 is 9.80 Å². The van der Waals surface area contributed by atoms with Crippen molar-refractivity contribution < 1.29 is 13.2 Å². The summed E-state index contributed by atoms with van der Waals surface area (Å²) in [5, 5.41) is 1.04. The molecule has 0 bridgehead atoms.